The largest absolute Gasteiger partial charge is 0.469 e. The van der Waals surface area contributed by atoms with Crippen LogP contribution in [0.4, 0.5) is 5.69 Å². The Bertz CT molecular complexity index is 529. The number of ether oxygens (including phenoxy) is 1. The predicted octanol–water partition coefficient (Wildman–Crippen LogP) is 2.07. The molecule has 2 N–H and O–H groups in total. The van der Waals surface area contributed by atoms with Crippen LogP contribution >= 0.6 is 12.2 Å². The summed E-state index contributed by atoms with van der Waals surface area (Å²) in [5.41, 5.74) is 3.13. The van der Waals surface area contributed by atoms with Crippen molar-refractivity contribution in [1.29, 1.82) is 0 Å². The van der Waals surface area contributed by atoms with Crippen molar-refractivity contribution in [3.63, 3.8) is 0 Å². The molecule has 0 aliphatic heterocycles. The van der Waals surface area contributed by atoms with Gasteiger partial charge in [0.1, 0.15) is 0 Å². The van der Waals surface area contributed by atoms with Crippen LogP contribution in [0.1, 0.15) is 24.0 Å². The standard InChI is InChI=1S/C14H18N2O3S/c1-9-4-5-11(8-10(9)2)15-14(20)16-12(17)6-7-13(18)19-3/h4-5,8H,6-7H2,1-3H3,(H2,15,16,17,20). The van der Waals surface area contributed by atoms with Crippen molar-refractivity contribution >= 4 is 34.9 Å². The van der Waals surface area contributed by atoms with Gasteiger partial charge in [-0.25, -0.2) is 0 Å². The third-order valence-electron chi connectivity index (χ3n) is 2.80. The number of thiocarbonyl (C=S) groups is 1. The average Bonchev–Trinajstić information content (AvgIpc) is 2.40. The first-order valence-electron chi connectivity index (χ1n) is 6.17. The smallest absolute Gasteiger partial charge is 0.306 e. The Hall–Kier alpha value is -1.95. The second-order valence-electron chi connectivity index (χ2n) is 4.38. The van der Waals surface area contributed by atoms with Crippen LogP contribution in [0, 0.1) is 13.8 Å². The number of methoxy groups -OCH3 is 1. The topological polar surface area (TPSA) is 67.4 Å². The third-order valence-corrected chi connectivity index (χ3v) is 3.01. The average molecular weight is 294 g/mol. The van der Waals surface area contributed by atoms with Gasteiger partial charge in [-0.1, -0.05) is 6.07 Å². The monoisotopic (exact) mass is 294 g/mol. The number of esters is 1. The van der Waals surface area contributed by atoms with Gasteiger partial charge in [0.2, 0.25) is 5.91 Å². The molecule has 1 amide bonds. The van der Waals surface area contributed by atoms with Crippen LogP contribution in [0.5, 0.6) is 0 Å². The number of hydrogen-bond acceptors (Lipinski definition) is 4. The number of benzene rings is 1. The highest BCUT2D eigenvalue weighted by atomic mass is 32.1. The zero-order chi connectivity index (χ0) is 15.1. The van der Waals surface area contributed by atoms with Crippen LogP contribution in [0.3, 0.4) is 0 Å². The molecule has 1 aromatic rings. The fraction of sp³-hybridized carbons (Fsp3) is 0.357. The molecule has 0 saturated heterocycles. The van der Waals surface area contributed by atoms with E-state index in [-0.39, 0.29) is 23.9 Å². The van der Waals surface area contributed by atoms with E-state index in [9.17, 15) is 9.59 Å². The molecule has 108 valence electrons. The fourth-order valence-corrected chi connectivity index (χ4v) is 1.72. The van der Waals surface area contributed by atoms with Crippen molar-refractivity contribution in [2.24, 2.45) is 0 Å². The minimum absolute atomic E-state index is 0.0363. The molecule has 1 aromatic carbocycles. The summed E-state index contributed by atoms with van der Waals surface area (Å²) in [5.74, 6) is -0.745. The van der Waals surface area contributed by atoms with Gasteiger partial charge in [0.25, 0.3) is 0 Å². The van der Waals surface area contributed by atoms with Gasteiger partial charge >= 0.3 is 5.97 Å². The molecule has 0 aliphatic carbocycles. The number of rotatable bonds is 4. The molecule has 0 heterocycles. The van der Waals surface area contributed by atoms with Crippen LogP contribution < -0.4 is 10.6 Å². The van der Waals surface area contributed by atoms with Crippen molar-refractivity contribution in [2.75, 3.05) is 12.4 Å². The molecule has 0 radical (unpaired) electrons. The summed E-state index contributed by atoms with van der Waals surface area (Å²) in [7, 11) is 1.28. The molecule has 20 heavy (non-hydrogen) atoms. The Labute approximate surface area is 123 Å². The van der Waals surface area contributed by atoms with Crippen molar-refractivity contribution in [3.8, 4) is 0 Å². The molecule has 1 rings (SSSR count). The number of nitrogens with one attached hydrogen (secondary N) is 2. The Balaban J connectivity index is 2.45. The molecule has 0 saturated carbocycles. The minimum atomic E-state index is -0.423. The van der Waals surface area contributed by atoms with E-state index >= 15 is 0 Å². The molecule has 0 spiro atoms. The maximum absolute atomic E-state index is 11.5. The first kappa shape index (κ1) is 16.1. The molecule has 0 aromatic heterocycles. The van der Waals surface area contributed by atoms with E-state index in [4.69, 9.17) is 12.2 Å². The van der Waals surface area contributed by atoms with Crippen molar-refractivity contribution < 1.29 is 14.3 Å². The summed E-state index contributed by atoms with van der Waals surface area (Å²) in [6.07, 6.45) is 0.0794. The van der Waals surface area contributed by atoms with Crippen LogP contribution in [-0.4, -0.2) is 24.1 Å². The lowest BCUT2D eigenvalue weighted by atomic mass is 10.1. The number of carbonyl (C=O) groups is 2. The first-order valence-corrected chi connectivity index (χ1v) is 6.58. The van der Waals surface area contributed by atoms with E-state index in [2.05, 4.69) is 15.4 Å². The highest BCUT2D eigenvalue weighted by molar-refractivity contribution is 7.80. The van der Waals surface area contributed by atoms with Crippen LogP contribution in [0.25, 0.3) is 0 Å². The summed E-state index contributed by atoms with van der Waals surface area (Å²) in [6.45, 7) is 4.02. The second kappa shape index (κ2) is 7.59. The molecule has 0 atom stereocenters. The number of anilines is 1. The summed E-state index contributed by atoms with van der Waals surface area (Å²) in [5, 5.41) is 5.65. The number of hydrogen-bond donors (Lipinski definition) is 2. The Morgan fingerprint density at radius 3 is 2.50 bits per heavy atom. The number of aryl methyl sites for hydroxylation is 2. The van der Waals surface area contributed by atoms with Gasteiger partial charge in [-0.05, 0) is 49.3 Å². The van der Waals surface area contributed by atoms with Gasteiger partial charge in [0.05, 0.1) is 13.5 Å². The quantitative estimate of drug-likeness (QED) is 0.657. The fourth-order valence-electron chi connectivity index (χ4n) is 1.49. The van der Waals surface area contributed by atoms with E-state index in [0.29, 0.717) is 0 Å². The summed E-state index contributed by atoms with van der Waals surface area (Å²) in [6, 6.07) is 5.80. The lowest BCUT2D eigenvalue weighted by molar-refractivity contribution is -0.142. The zero-order valence-corrected chi connectivity index (χ0v) is 12.6. The summed E-state index contributed by atoms with van der Waals surface area (Å²) < 4.78 is 4.46. The van der Waals surface area contributed by atoms with E-state index in [1.807, 2.05) is 32.0 Å². The zero-order valence-electron chi connectivity index (χ0n) is 11.8. The van der Waals surface area contributed by atoms with Crippen molar-refractivity contribution in [2.45, 2.75) is 26.7 Å². The van der Waals surface area contributed by atoms with Crippen molar-refractivity contribution in [1.82, 2.24) is 5.32 Å². The SMILES string of the molecule is COC(=O)CCC(=O)NC(=S)Nc1ccc(C)c(C)c1. The second-order valence-corrected chi connectivity index (χ2v) is 4.79. The lowest BCUT2D eigenvalue weighted by Gasteiger charge is -2.10. The molecular formula is C14H18N2O3S. The third kappa shape index (κ3) is 5.36. The first-order chi connectivity index (χ1) is 9.42. The van der Waals surface area contributed by atoms with Crippen LogP contribution in [0.15, 0.2) is 18.2 Å². The maximum atomic E-state index is 11.5. The van der Waals surface area contributed by atoms with E-state index in [0.717, 1.165) is 11.3 Å². The maximum Gasteiger partial charge on any atom is 0.306 e. The number of carbonyl (C=O) groups excluding carboxylic acids is 2. The molecule has 0 fully saturated rings. The summed E-state index contributed by atoms with van der Waals surface area (Å²) >= 11 is 5.04. The highest BCUT2D eigenvalue weighted by Gasteiger charge is 2.08. The Morgan fingerprint density at radius 2 is 1.90 bits per heavy atom. The summed E-state index contributed by atoms with van der Waals surface area (Å²) in [4.78, 5) is 22.5. The minimum Gasteiger partial charge on any atom is -0.469 e. The molecule has 0 bridgehead atoms. The van der Waals surface area contributed by atoms with Gasteiger partial charge in [0.15, 0.2) is 5.11 Å². The van der Waals surface area contributed by atoms with Crippen molar-refractivity contribution in [3.05, 3.63) is 29.3 Å². The highest BCUT2D eigenvalue weighted by Crippen LogP contribution is 2.13. The van der Waals surface area contributed by atoms with Gasteiger partial charge < -0.3 is 15.4 Å². The molecule has 5 nitrogen and oxygen atoms in total. The molecule has 0 unspecified atom stereocenters. The van der Waals surface area contributed by atoms with Gasteiger partial charge in [-0.2, -0.15) is 0 Å². The normalized spacial score (nSPS) is 9.75. The van der Waals surface area contributed by atoms with E-state index in [1.54, 1.807) is 0 Å². The predicted molar refractivity (Wildman–Crippen MR) is 81.5 cm³/mol. The molecule has 0 aliphatic rings. The lowest BCUT2D eigenvalue weighted by Crippen LogP contribution is -2.34. The van der Waals surface area contributed by atoms with Gasteiger partial charge in [0, 0.05) is 12.1 Å². The molecular weight excluding hydrogens is 276 g/mol. The molecule has 6 heteroatoms. The van der Waals surface area contributed by atoms with Crippen LogP contribution in [0.2, 0.25) is 0 Å². The Morgan fingerprint density at radius 1 is 1.20 bits per heavy atom. The van der Waals surface area contributed by atoms with Gasteiger partial charge in [-0.15, -0.1) is 0 Å². The van der Waals surface area contributed by atoms with Crippen LogP contribution in [-0.2, 0) is 14.3 Å². The van der Waals surface area contributed by atoms with E-state index in [1.165, 1.54) is 12.7 Å². The van der Waals surface area contributed by atoms with Gasteiger partial charge in [-0.3, -0.25) is 9.59 Å². The number of amides is 1. The van der Waals surface area contributed by atoms with E-state index < -0.39 is 5.97 Å². The Kier molecular flexibility index (Phi) is 6.11.